The monoisotopic (exact) mass is 366 g/mol. The van der Waals surface area contributed by atoms with E-state index in [1.54, 1.807) is 17.6 Å². The van der Waals surface area contributed by atoms with Gasteiger partial charge >= 0.3 is 0 Å². The van der Waals surface area contributed by atoms with Crippen LogP contribution in [0.3, 0.4) is 0 Å². The lowest BCUT2D eigenvalue weighted by Gasteiger charge is -2.01. The van der Waals surface area contributed by atoms with Crippen LogP contribution in [0.1, 0.15) is 10.6 Å². The first-order chi connectivity index (χ1) is 11.3. The number of carbonyl (C=O) groups excluding carboxylic acids is 1. The van der Waals surface area contributed by atoms with E-state index in [1.807, 2.05) is 29.6 Å². The second-order valence-corrected chi connectivity index (χ2v) is 7.68. The molecule has 0 saturated heterocycles. The number of nitrogens with one attached hydrogen (secondary N) is 2. The Bertz CT molecular complexity index is 725. The van der Waals surface area contributed by atoms with E-state index in [2.05, 4.69) is 20.8 Å². The summed E-state index contributed by atoms with van der Waals surface area (Å²) < 4.78 is 6.00. The van der Waals surface area contributed by atoms with Gasteiger partial charge in [0.1, 0.15) is 5.76 Å². The molecule has 3 heterocycles. The summed E-state index contributed by atoms with van der Waals surface area (Å²) in [6.45, 7) is 1.14. The molecule has 0 aromatic carbocycles. The molecule has 23 heavy (non-hydrogen) atoms. The minimum atomic E-state index is -0.0105. The van der Waals surface area contributed by atoms with Crippen LogP contribution in [0.25, 0.3) is 0 Å². The van der Waals surface area contributed by atoms with Gasteiger partial charge in [0.15, 0.2) is 4.34 Å². The van der Waals surface area contributed by atoms with E-state index in [4.69, 9.17) is 4.42 Å². The fraction of sp³-hybridized carbons (Fsp3) is 0.214. The van der Waals surface area contributed by atoms with Gasteiger partial charge in [0, 0.05) is 4.88 Å². The van der Waals surface area contributed by atoms with Crippen LogP contribution in [0.5, 0.6) is 0 Å². The summed E-state index contributed by atoms with van der Waals surface area (Å²) in [6.07, 6.45) is 1.63. The number of furan rings is 1. The Morgan fingerprint density at radius 2 is 2.22 bits per heavy atom. The maximum atomic E-state index is 11.8. The lowest BCUT2D eigenvalue weighted by molar-refractivity contribution is -0.118. The van der Waals surface area contributed by atoms with Crippen molar-refractivity contribution in [1.29, 1.82) is 0 Å². The van der Waals surface area contributed by atoms with Crippen molar-refractivity contribution in [2.24, 2.45) is 0 Å². The zero-order valence-corrected chi connectivity index (χ0v) is 14.5. The number of amides is 1. The molecule has 0 bridgehead atoms. The van der Waals surface area contributed by atoms with Crippen molar-refractivity contribution in [3.05, 3.63) is 46.5 Å². The number of thiophene rings is 1. The number of rotatable bonds is 8. The Hall–Kier alpha value is -1.84. The SMILES string of the molecule is O=C(CSc1nnc(NCc2ccco2)s1)NCc1cccs1. The smallest absolute Gasteiger partial charge is 0.230 e. The van der Waals surface area contributed by atoms with Crippen molar-refractivity contribution in [3.63, 3.8) is 0 Å². The van der Waals surface area contributed by atoms with E-state index in [1.165, 1.54) is 23.1 Å². The van der Waals surface area contributed by atoms with Crippen molar-refractivity contribution >= 4 is 45.5 Å². The molecular weight excluding hydrogens is 352 g/mol. The zero-order chi connectivity index (χ0) is 15.9. The van der Waals surface area contributed by atoms with Crippen LogP contribution in [-0.2, 0) is 17.9 Å². The van der Waals surface area contributed by atoms with Gasteiger partial charge in [-0.2, -0.15) is 0 Å². The first kappa shape index (κ1) is 16.0. The Morgan fingerprint density at radius 3 is 3.00 bits per heavy atom. The average molecular weight is 366 g/mol. The fourth-order valence-electron chi connectivity index (χ4n) is 1.69. The topological polar surface area (TPSA) is 80.1 Å². The number of hydrogen-bond acceptors (Lipinski definition) is 8. The Morgan fingerprint density at radius 1 is 1.26 bits per heavy atom. The molecular formula is C14H14N4O2S3. The molecule has 3 aromatic heterocycles. The Labute approximate surface area is 145 Å². The van der Waals surface area contributed by atoms with Gasteiger partial charge in [0.05, 0.1) is 25.1 Å². The minimum Gasteiger partial charge on any atom is -0.467 e. The number of nitrogens with zero attached hydrogens (tertiary/aromatic N) is 2. The van der Waals surface area contributed by atoms with Gasteiger partial charge in [-0.25, -0.2) is 0 Å². The number of thioether (sulfide) groups is 1. The zero-order valence-electron chi connectivity index (χ0n) is 12.0. The second kappa shape index (κ2) is 8.14. The van der Waals surface area contributed by atoms with Crippen LogP contribution >= 0.6 is 34.4 Å². The summed E-state index contributed by atoms with van der Waals surface area (Å²) in [6, 6.07) is 7.70. The van der Waals surface area contributed by atoms with Crippen LogP contribution < -0.4 is 10.6 Å². The molecule has 9 heteroatoms. The molecule has 0 radical (unpaired) electrons. The summed E-state index contributed by atoms with van der Waals surface area (Å²) in [4.78, 5) is 12.9. The molecule has 0 spiro atoms. The largest absolute Gasteiger partial charge is 0.467 e. The fourth-order valence-corrected chi connectivity index (χ4v) is 3.91. The van der Waals surface area contributed by atoms with Crippen molar-refractivity contribution in [2.75, 3.05) is 11.1 Å². The summed E-state index contributed by atoms with van der Waals surface area (Å²) in [7, 11) is 0. The number of anilines is 1. The maximum absolute atomic E-state index is 11.8. The van der Waals surface area contributed by atoms with Crippen LogP contribution in [-0.4, -0.2) is 21.9 Å². The standard InChI is InChI=1S/C14H14N4O2S3/c19-12(15-8-11-4-2-6-21-11)9-22-14-18-17-13(23-14)16-7-10-3-1-5-20-10/h1-6H,7-9H2,(H,15,19)(H,16,17). The van der Waals surface area contributed by atoms with Crippen LogP contribution in [0.2, 0.25) is 0 Å². The molecule has 2 N–H and O–H groups in total. The molecule has 0 atom stereocenters. The van der Waals surface area contributed by atoms with Gasteiger partial charge in [0.2, 0.25) is 11.0 Å². The van der Waals surface area contributed by atoms with Gasteiger partial charge in [-0.15, -0.1) is 21.5 Å². The highest BCUT2D eigenvalue weighted by Crippen LogP contribution is 2.25. The quantitative estimate of drug-likeness (QED) is 0.596. The predicted octanol–water partition coefficient (Wildman–Crippen LogP) is 3.21. The molecule has 0 aliphatic rings. The Kier molecular flexibility index (Phi) is 5.67. The minimum absolute atomic E-state index is 0.0105. The molecule has 3 rings (SSSR count). The first-order valence-corrected chi connectivity index (χ1v) is 9.49. The van der Waals surface area contributed by atoms with Crippen molar-refractivity contribution in [1.82, 2.24) is 15.5 Å². The lowest BCUT2D eigenvalue weighted by atomic mass is 10.4. The average Bonchev–Trinajstić information content (AvgIpc) is 3.31. The summed E-state index contributed by atoms with van der Waals surface area (Å²) >= 11 is 4.43. The van der Waals surface area contributed by atoms with Gasteiger partial charge in [-0.1, -0.05) is 29.2 Å². The molecule has 6 nitrogen and oxygen atoms in total. The van der Waals surface area contributed by atoms with E-state index in [-0.39, 0.29) is 5.91 Å². The van der Waals surface area contributed by atoms with Crippen molar-refractivity contribution in [2.45, 2.75) is 17.4 Å². The molecule has 0 aliphatic carbocycles. The predicted molar refractivity (Wildman–Crippen MR) is 92.8 cm³/mol. The molecule has 0 aliphatic heterocycles. The van der Waals surface area contributed by atoms with E-state index < -0.39 is 0 Å². The van der Waals surface area contributed by atoms with E-state index in [9.17, 15) is 4.79 Å². The van der Waals surface area contributed by atoms with E-state index in [0.29, 0.717) is 24.0 Å². The normalized spacial score (nSPS) is 10.6. The molecule has 120 valence electrons. The molecule has 3 aromatic rings. The summed E-state index contributed by atoms with van der Waals surface area (Å²) in [5.41, 5.74) is 0. The lowest BCUT2D eigenvalue weighted by Crippen LogP contribution is -2.24. The highest BCUT2D eigenvalue weighted by atomic mass is 32.2. The van der Waals surface area contributed by atoms with Gasteiger partial charge < -0.3 is 15.1 Å². The number of aromatic nitrogens is 2. The third kappa shape index (κ3) is 5.08. The highest BCUT2D eigenvalue weighted by Gasteiger charge is 2.08. The van der Waals surface area contributed by atoms with Crippen molar-refractivity contribution < 1.29 is 9.21 Å². The third-order valence-electron chi connectivity index (χ3n) is 2.77. The van der Waals surface area contributed by atoms with Crippen LogP contribution in [0.4, 0.5) is 5.13 Å². The van der Waals surface area contributed by atoms with Crippen LogP contribution in [0, 0.1) is 0 Å². The van der Waals surface area contributed by atoms with Gasteiger partial charge in [-0.05, 0) is 23.6 Å². The molecule has 0 fully saturated rings. The van der Waals surface area contributed by atoms with Gasteiger partial charge in [0.25, 0.3) is 0 Å². The third-order valence-corrected chi connectivity index (χ3v) is 5.66. The van der Waals surface area contributed by atoms with Gasteiger partial charge in [-0.3, -0.25) is 4.79 Å². The Balaban J connectivity index is 1.39. The highest BCUT2D eigenvalue weighted by molar-refractivity contribution is 8.01. The number of hydrogen-bond donors (Lipinski definition) is 2. The first-order valence-electron chi connectivity index (χ1n) is 6.81. The summed E-state index contributed by atoms with van der Waals surface area (Å²) in [5, 5.41) is 16.8. The van der Waals surface area contributed by atoms with Crippen LogP contribution in [0.15, 0.2) is 44.7 Å². The van der Waals surface area contributed by atoms with Crippen molar-refractivity contribution in [3.8, 4) is 0 Å². The molecule has 1 amide bonds. The van der Waals surface area contributed by atoms with E-state index >= 15 is 0 Å². The molecule has 0 unspecified atom stereocenters. The number of carbonyl (C=O) groups is 1. The summed E-state index contributed by atoms with van der Waals surface area (Å²) in [5.74, 6) is 1.16. The van der Waals surface area contributed by atoms with E-state index in [0.717, 1.165) is 15.0 Å². The maximum Gasteiger partial charge on any atom is 0.230 e. The second-order valence-electron chi connectivity index (χ2n) is 4.45. The molecule has 0 saturated carbocycles.